The van der Waals surface area contributed by atoms with Crippen LogP contribution in [-0.4, -0.2) is 10.9 Å². The molecule has 0 fully saturated rings. The monoisotopic (exact) mass is 278 g/mol. The highest BCUT2D eigenvalue weighted by Gasteiger charge is 2.03. The number of aromatic amines is 1. The van der Waals surface area contributed by atoms with Gasteiger partial charge in [0.2, 0.25) is 5.91 Å². The Labute approximate surface area is 115 Å². The predicted octanol–water partition coefficient (Wildman–Crippen LogP) is 3.14. The molecule has 0 bridgehead atoms. The third-order valence-electron chi connectivity index (χ3n) is 2.53. The molecule has 0 aliphatic rings. The zero-order chi connectivity index (χ0) is 13.7. The van der Waals surface area contributed by atoms with E-state index in [0.29, 0.717) is 6.54 Å². The van der Waals surface area contributed by atoms with Crippen molar-refractivity contribution in [2.75, 3.05) is 0 Å². The first-order valence-electron chi connectivity index (χ1n) is 5.68. The number of hydrogen-bond donors (Lipinski definition) is 2. The van der Waals surface area contributed by atoms with Crippen LogP contribution in [0.15, 0.2) is 42.7 Å². The van der Waals surface area contributed by atoms with Crippen LogP contribution in [0.3, 0.4) is 0 Å². The minimum atomic E-state index is -0.456. The van der Waals surface area contributed by atoms with Crippen LogP contribution in [0.1, 0.15) is 11.1 Å². The molecule has 2 aromatic rings. The highest BCUT2D eigenvalue weighted by atomic mass is 35.5. The van der Waals surface area contributed by atoms with Gasteiger partial charge in [-0.1, -0.05) is 17.7 Å². The summed E-state index contributed by atoms with van der Waals surface area (Å²) in [5, 5.41) is 2.96. The van der Waals surface area contributed by atoms with Gasteiger partial charge in [0, 0.05) is 30.6 Å². The normalized spacial score (nSPS) is 10.8. The summed E-state index contributed by atoms with van der Waals surface area (Å²) >= 11 is 5.84. The van der Waals surface area contributed by atoms with Crippen LogP contribution in [0, 0.1) is 5.82 Å². The van der Waals surface area contributed by atoms with Gasteiger partial charge < -0.3 is 10.3 Å². The SMILES string of the molecule is O=C(/C=C/c1c(F)cccc1Cl)NCc1cc[nH]c1. The molecule has 98 valence electrons. The van der Waals surface area contributed by atoms with Crippen molar-refractivity contribution in [1.82, 2.24) is 10.3 Å². The maximum Gasteiger partial charge on any atom is 0.244 e. The fourth-order valence-electron chi connectivity index (χ4n) is 1.55. The second-order valence-corrected chi connectivity index (χ2v) is 4.31. The summed E-state index contributed by atoms with van der Waals surface area (Å²) in [4.78, 5) is 14.5. The van der Waals surface area contributed by atoms with Crippen molar-refractivity contribution in [3.63, 3.8) is 0 Å². The van der Waals surface area contributed by atoms with Crippen molar-refractivity contribution in [3.05, 3.63) is 64.7 Å². The third-order valence-corrected chi connectivity index (χ3v) is 2.86. The first-order valence-corrected chi connectivity index (χ1v) is 6.06. The number of hydrogen-bond acceptors (Lipinski definition) is 1. The van der Waals surface area contributed by atoms with E-state index in [-0.39, 0.29) is 16.5 Å². The molecule has 1 aromatic carbocycles. The Balaban J connectivity index is 1.96. The average Bonchev–Trinajstić information content (AvgIpc) is 2.89. The smallest absolute Gasteiger partial charge is 0.244 e. The van der Waals surface area contributed by atoms with Crippen molar-refractivity contribution >= 4 is 23.6 Å². The van der Waals surface area contributed by atoms with E-state index in [1.165, 1.54) is 24.3 Å². The van der Waals surface area contributed by atoms with E-state index in [9.17, 15) is 9.18 Å². The van der Waals surface area contributed by atoms with Crippen molar-refractivity contribution in [2.45, 2.75) is 6.54 Å². The fourth-order valence-corrected chi connectivity index (χ4v) is 1.77. The Morgan fingerprint density at radius 2 is 2.26 bits per heavy atom. The second-order valence-electron chi connectivity index (χ2n) is 3.91. The maximum absolute atomic E-state index is 13.4. The highest BCUT2D eigenvalue weighted by Crippen LogP contribution is 2.20. The quantitative estimate of drug-likeness (QED) is 0.829. The van der Waals surface area contributed by atoms with Crippen LogP contribution in [0.25, 0.3) is 6.08 Å². The summed E-state index contributed by atoms with van der Waals surface area (Å²) in [6, 6.07) is 6.24. The molecule has 1 heterocycles. The zero-order valence-electron chi connectivity index (χ0n) is 9.99. The molecule has 0 unspecified atom stereocenters. The molecule has 0 spiro atoms. The Hall–Kier alpha value is -2.07. The summed E-state index contributed by atoms with van der Waals surface area (Å²) in [6.45, 7) is 0.414. The van der Waals surface area contributed by atoms with Crippen LogP contribution in [0.5, 0.6) is 0 Å². The summed E-state index contributed by atoms with van der Waals surface area (Å²) < 4.78 is 13.4. The molecule has 0 radical (unpaired) electrons. The van der Waals surface area contributed by atoms with Gasteiger partial charge in [-0.15, -0.1) is 0 Å². The first-order chi connectivity index (χ1) is 9.16. The van der Waals surface area contributed by atoms with E-state index in [1.54, 1.807) is 18.5 Å². The number of carbonyl (C=O) groups is 1. The number of amides is 1. The molecular weight excluding hydrogens is 267 g/mol. The molecule has 0 saturated heterocycles. The Bertz CT molecular complexity index is 573. The summed E-state index contributed by atoms with van der Waals surface area (Å²) in [7, 11) is 0. The molecule has 19 heavy (non-hydrogen) atoms. The number of aromatic nitrogens is 1. The molecule has 2 rings (SSSR count). The molecule has 0 aliphatic carbocycles. The molecule has 2 N–H and O–H groups in total. The van der Waals surface area contributed by atoms with E-state index < -0.39 is 5.82 Å². The highest BCUT2D eigenvalue weighted by molar-refractivity contribution is 6.32. The Kier molecular flexibility index (Phi) is 4.36. The molecule has 0 atom stereocenters. The van der Waals surface area contributed by atoms with Gasteiger partial charge in [0.05, 0.1) is 5.02 Å². The largest absolute Gasteiger partial charge is 0.367 e. The summed E-state index contributed by atoms with van der Waals surface area (Å²) in [5.41, 5.74) is 1.17. The van der Waals surface area contributed by atoms with Gasteiger partial charge in [-0.3, -0.25) is 4.79 Å². The number of halogens is 2. The zero-order valence-corrected chi connectivity index (χ0v) is 10.7. The van der Waals surface area contributed by atoms with Gasteiger partial charge >= 0.3 is 0 Å². The van der Waals surface area contributed by atoms with E-state index in [1.807, 2.05) is 6.07 Å². The van der Waals surface area contributed by atoms with Gasteiger partial charge in [0.1, 0.15) is 5.82 Å². The standard InChI is InChI=1S/C14H12ClFN2O/c15-12-2-1-3-13(16)11(12)4-5-14(19)18-9-10-6-7-17-8-10/h1-8,17H,9H2,(H,18,19)/b5-4+. The van der Waals surface area contributed by atoms with Crippen molar-refractivity contribution in [2.24, 2.45) is 0 Å². The molecule has 1 amide bonds. The van der Waals surface area contributed by atoms with Gasteiger partial charge in [-0.2, -0.15) is 0 Å². The van der Waals surface area contributed by atoms with Gasteiger partial charge in [-0.25, -0.2) is 4.39 Å². The van der Waals surface area contributed by atoms with Crippen LogP contribution in [0.2, 0.25) is 5.02 Å². The average molecular weight is 279 g/mol. The van der Waals surface area contributed by atoms with E-state index >= 15 is 0 Å². The van der Waals surface area contributed by atoms with Crippen LogP contribution >= 0.6 is 11.6 Å². The first kappa shape index (κ1) is 13.4. The number of benzene rings is 1. The van der Waals surface area contributed by atoms with Gasteiger partial charge in [0.15, 0.2) is 0 Å². The lowest BCUT2D eigenvalue weighted by atomic mass is 10.2. The molecular formula is C14H12ClFN2O. The number of H-pyrrole nitrogens is 1. The predicted molar refractivity (Wildman–Crippen MR) is 73.1 cm³/mol. The molecule has 0 aliphatic heterocycles. The van der Waals surface area contributed by atoms with Crippen LogP contribution in [0.4, 0.5) is 4.39 Å². The van der Waals surface area contributed by atoms with Crippen molar-refractivity contribution in [1.29, 1.82) is 0 Å². The lowest BCUT2D eigenvalue weighted by Gasteiger charge is -2.01. The van der Waals surface area contributed by atoms with Crippen molar-refractivity contribution < 1.29 is 9.18 Å². The Morgan fingerprint density at radius 1 is 1.42 bits per heavy atom. The van der Waals surface area contributed by atoms with E-state index in [4.69, 9.17) is 11.6 Å². The summed E-state index contributed by atoms with van der Waals surface area (Å²) in [5.74, 6) is -0.761. The molecule has 0 saturated carbocycles. The third kappa shape index (κ3) is 3.69. The Morgan fingerprint density at radius 3 is 2.95 bits per heavy atom. The molecule has 3 nitrogen and oxygen atoms in total. The van der Waals surface area contributed by atoms with Crippen LogP contribution < -0.4 is 5.32 Å². The molecule has 1 aromatic heterocycles. The lowest BCUT2D eigenvalue weighted by molar-refractivity contribution is -0.116. The van der Waals surface area contributed by atoms with E-state index in [0.717, 1.165) is 5.56 Å². The minimum Gasteiger partial charge on any atom is -0.367 e. The lowest BCUT2D eigenvalue weighted by Crippen LogP contribution is -2.19. The minimum absolute atomic E-state index is 0.209. The van der Waals surface area contributed by atoms with Gasteiger partial charge in [-0.05, 0) is 29.8 Å². The van der Waals surface area contributed by atoms with Gasteiger partial charge in [0.25, 0.3) is 0 Å². The fraction of sp³-hybridized carbons (Fsp3) is 0.0714. The maximum atomic E-state index is 13.4. The number of nitrogens with one attached hydrogen (secondary N) is 2. The van der Waals surface area contributed by atoms with Crippen LogP contribution in [-0.2, 0) is 11.3 Å². The summed E-state index contributed by atoms with van der Waals surface area (Å²) in [6.07, 6.45) is 6.19. The van der Waals surface area contributed by atoms with Crippen molar-refractivity contribution in [3.8, 4) is 0 Å². The van der Waals surface area contributed by atoms with E-state index in [2.05, 4.69) is 10.3 Å². The number of carbonyl (C=O) groups excluding carboxylic acids is 1. The second kappa shape index (κ2) is 6.20. The topological polar surface area (TPSA) is 44.9 Å². The number of rotatable bonds is 4. The molecule has 5 heteroatoms.